The monoisotopic (exact) mass is 396 g/mol. The maximum atomic E-state index is 13.3. The summed E-state index contributed by atoms with van der Waals surface area (Å²) in [5.41, 5.74) is 1.81. The largest absolute Gasteiger partial charge is 0.364 e. The van der Waals surface area contributed by atoms with E-state index in [1.54, 1.807) is 11.6 Å². The van der Waals surface area contributed by atoms with E-state index >= 15 is 0 Å². The molecular formula is C22H30N5O2+. The van der Waals surface area contributed by atoms with Crippen molar-refractivity contribution in [3.8, 4) is 0 Å². The molecule has 7 nitrogen and oxygen atoms in total. The predicted octanol–water partition coefficient (Wildman–Crippen LogP) is 2.68. The summed E-state index contributed by atoms with van der Waals surface area (Å²) in [7, 11) is 1.74. The van der Waals surface area contributed by atoms with E-state index in [0.29, 0.717) is 23.6 Å². The molecule has 1 atom stereocenters. The maximum Gasteiger partial charge on any atom is 0.364 e. The summed E-state index contributed by atoms with van der Waals surface area (Å²) < 4.78 is 5.04. The summed E-state index contributed by atoms with van der Waals surface area (Å²) in [4.78, 5) is 31.8. The number of aryl methyl sites for hydroxylation is 1. The summed E-state index contributed by atoms with van der Waals surface area (Å²) in [6.45, 7) is 6.42. The molecule has 0 radical (unpaired) electrons. The van der Waals surface area contributed by atoms with Crippen LogP contribution in [0, 0.1) is 5.92 Å². The van der Waals surface area contributed by atoms with Crippen molar-refractivity contribution in [3.05, 3.63) is 51.2 Å². The summed E-state index contributed by atoms with van der Waals surface area (Å²) >= 11 is 0. The van der Waals surface area contributed by atoms with E-state index in [9.17, 15) is 9.59 Å². The number of hydrogen-bond acceptors (Lipinski definition) is 3. The minimum Gasteiger partial charge on any atom is -0.267 e. The van der Waals surface area contributed by atoms with Crippen LogP contribution in [0.25, 0.3) is 11.2 Å². The van der Waals surface area contributed by atoms with Gasteiger partial charge in [0.2, 0.25) is 11.2 Å². The van der Waals surface area contributed by atoms with Gasteiger partial charge < -0.3 is 0 Å². The molecule has 4 rings (SSSR count). The molecule has 0 fully saturated rings. The molecule has 0 aliphatic carbocycles. The molecule has 2 aromatic heterocycles. The first kappa shape index (κ1) is 19.5. The highest BCUT2D eigenvalue weighted by atomic mass is 16.2. The van der Waals surface area contributed by atoms with Crippen LogP contribution < -0.4 is 20.7 Å². The lowest BCUT2D eigenvalue weighted by atomic mass is 10.1. The van der Waals surface area contributed by atoms with E-state index in [4.69, 9.17) is 0 Å². The van der Waals surface area contributed by atoms with Gasteiger partial charge >= 0.3 is 11.6 Å². The van der Waals surface area contributed by atoms with Crippen LogP contribution in [0.1, 0.15) is 39.5 Å². The van der Waals surface area contributed by atoms with E-state index < -0.39 is 0 Å². The van der Waals surface area contributed by atoms with Gasteiger partial charge in [-0.05, 0) is 18.6 Å². The van der Waals surface area contributed by atoms with E-state index in [2.05, 4.69) is 40.4 Å². The van der Waals surface area contributed by atoms with Crippen molar-refractivity contribution < 1.29 is 4.57 Å². The Morgan fingerprint density at radius 2 is 1.90 bits per heavy atom. The Balaban J connectivity index is 1.86. The Morgan fingerprint density at radius 3 is 2.62 bits per heavy atom. The van der Waals surface area contributed by atoms with Crippen LogP contribution in [0.4, 0.5) is 11.6 Å². The molecule has 1 aromatic carbocycles. The fourth-order valence-corrected chi connectivity index (χ4v) is 4.31. The third-order valence-electron chi connectivity index (χ3n) is 5.83. The van der Waals surface area contributed by atoms with E-state index in [-0.39, 0.29) is 11.2 Å². The second-order valence-corrected chi connectivity index (χ2v) is 8.17. The second-order valence-electron chi connectivity index (χ2n) is 8.17. The Morgan fingerprint density at radius 1 is 1.14 bits per heavy atom. The molecule has 0 bridgehead atoms. The molecule has 154 valence electrons. The number of benzene rings is 1. The van der Waals surface area contributed by atoms with Crippen LogP contribution in [-0.2, 0) is 20.1 Å². The highest BCUT2D eigenvalue weighted by Gasteiger charge is 2.35. The molecule has 1 N–H and O–H groups in total. The zero-order valence-electron chi connectivity index (χ0n) is 17.5. The molecule has 1 aliphatic rings. The lowest BCUT2D eigenvalue weighted by Gasteiger charge is -2.26. The summed E-state index contributed by atoms with van der Waals surface area (Å²) in [6.07, 6.45) is 4.12. The quantitative estimate of drug-likeness (QED) is 0.515. The molecule has 0 saturated heterocycles. The van der Waals surface area contributed by atoms with Crippen molar-refractivity contribution in [1.29, 1.82) is 0 Å². The molecule has 0 unspecified atom stereocenters. The van der Waals surface area contributed by atoms with Crippen LogP contribution in [-0.4, -0.2) is 20.7 Å². The number of nitrogens with one attached hydrogen (secondary N) is 1. The number of fused-ring (bicyclic) bond motifs is 3. The lowest BCUT2D eigenvalue weighted by molar-refractivity contribution is -0.669. The predicted molar refractivity (Wildman–Crippen MR) is 115 cm³/mol. The van der Waals surface area contributed by atoms with Gasteiger partial charge in [0.25, 0.3) is 5.56 Å². The van der Waals surface area contributed by atoms with Gasteiger partial charge in [-0.2, -0.15) is 0 Å². The highest BCUT2D eigenvalue weighted by molar-refractivity contribution is 5.70. The van der Waals surface area contributed by atoms with E-state index in [0.717, 1.165) is 50.4 Å². The van der Waals surface area contributed by atoms with E-state index in [1.165, 1.54) is 4.57 Å². The minimum absolute atomic E-state index is 0.191. The third-order valence-corrected chi connectivity index (χ3v) is 5.83. The number of hydrogen-bond donors (Lipinski definition) is 1. The van der Waals surface area contributed by atoms with Gasteiger partial charge in [0.15, 0.2) is 0 Å². The van der Waals surface area contributed by atoms with Crippen LogP contribution in [0.5, 0.6) is 0 Å². The Labute approximate surface area is 170 Å². The lowest BCUT2D eigenvalue weighted by Crippen LogP contribution is -2.52. The fraction of sp³-hybridized carbons (Fsp3) is 0.500. The number of para-hydroxylation sites is 1. The number of H-pyrrole nitrogens is 1. The summed E-state index contributed by atoms with van der Waals surface area (Å²) in [5.74, 6) is 1.24. The van der Waals surface area contributed by atoms with Gasteiger partial charge in [0, 0.05) is 19.5 Å². The summed E-state index contributed by atoms with van der Waals surface area (Å²) in [6, 6.07) is 10.2. The van der Waals surface area contributed by atoms with Gasteiger partial charge in [-0.15, -0.1) is 0 Å². The van der Waals surface area contributed by atoms with Crippen LogP contribution >= 0.6 is 0 Å². The number of nitrogens with zero attached hydrogens (tertiary/aromatic N) is 4. The van der Waals surface area contributed by atoms with Crippen molar-refractivity contribution in [2.24, 2.45) is 13.0 Å². The molecule has 3 aromatic rings. The number of aromatic amines is 1. The van der Waals surface area contributed by atoms with Crippen LogP contribution in [0.3, 0.4) is 0 Å². The highest BCUT2D eigenvalue weighted by Crippen LogP contribution is 2.27. The third kappa shape index (κ3) is 3.39. The molecule has 29 heavy (non-hydrogen) atoms. The SMILES string of the molecule is CCCCCCn1c(=O)c2c([nH]c3[n+]2C[C@@H](C)CN3c2ccccc2)n(C)c1=O. The average molecular weight is 397 g/mol. The zero-order valence-corrected chi connectivity index (χ0v) is 17.5. The Hall–Kier alpha value is -2.83. The molecule has 0 saturated carbocycles. The minimum atomic E-state index is -0.252. The number of imidazole rings is 1. The number of rotatable bonds is 6. The molecule has 7 heteroatoms. The first-order valence-corrected chi connectivity index (χ1v) is 10.6. The Kier molecular flexibility index (Phi) is 5.30. The molecule has 3 heterocycles. The molecule has 1 aliphatic heterocycles. The van der Waals surface area contributed by atoms with Crippen LogP contribution in [0.2, 0.25) is 0 Å². The summed E-state index contributed by atoms with van der Waals surface area (Å²) in [5, 5.41) is 0. The van der Waals surface area contributed by atoms with Crippen molar-refractivity contribution in [2.45, 2.75) is 52.6 Å². The standard InChI is InChI=1S/C22H29N5O2/c1-4-5-6-10-13-25-20(28)18-19(24(3)22(25)29)23-21-26(14-16(2)15-27(18)21)17-11-8-7-9-12-17/h7-9,11-12,16H,4-6,10,13-15H2,1-3H3/p+1/t16-/m0/s1. The number of anilines is 2. The van der Waals surface area contributed by atoms with E-state index in [1.807, 2.05) is 18.2 Å². The molecular weight excluding hydrogens is 366 g/mol. The van der Waals surface area contributed by atoms with Crippen molar-refractivity contribution >= 4 is 22.8 Å². The normalized spacial score (nSPS) is 16.4. The van der Waals surface area contributed by atoms with Gasteiger partial charge in [-0.25, -0.2) is 19.2 Å². The second kappa shape index (κ2) is 7.89. The van der Waals surface area contributed by atoms with Crippen molar-refractivity contribution in [1.82, 2.24) is 14.1 Å². The van der Waals surface area contributed by atoms with Crippen molar-refractivity contribution in [3.63, 3.8) is 0 Å². The van der Waals surface area contributed by atoms with Crippen molar-refractivity contribution in [2.75, 3.05) is 11.4 Å². The molecule has 0 spiro atoms. The van der Waals surface area contributed by atoms with Gasteiger partial charge in [0.1, 0.15) is 5.69 Å². The maximum absolute atomic E-state index is 13.3. The van der Waals surface area contributed by atoms with Gasteiger partial charge in [-0.3, -0.25) is 13.9 Å². The number of aromatic nitrogens is 4. The topological polar surface area (TPSA) is 66.9 Å². The first-order valence-electron chi connectivity index (χ1n) is 10.6. The van der Waals surface area contributed by atoms with Gasteiger partial charge in [0.05, 0.1) is 13.1 Å². The number of unbranched alkanes of at least 4 members (excludes halogenated alkanes) is 3. The Bertz CT molecular complexity index is 1130. The zero-order chi connectivity index (χ0) is 20.5. The smallest absolute Gasteiger partial charge is 0.267 e. The van der Waals surface area contributed by atoms with Crippen LogP contribution in [0.15, 0.2) is 39.9 Å². The average Bonchev–Trinajstić information content (AvgIpc) is 3.11. The fourth-order valence-electron chi connectivity index (χ4n) is 4.31. The first-order chi connectivity index (χ1) is 14.0. The molecule has 0 amide bonds. The van der Waals surface area contributed by atoms with Gasteiger partial charge in [-0.1, -0.05) is 51.3 Å².